The number of anilines is 3. The van der Waals surface area contributed by atoms with Crippen molar-refractivity contribution in [3.63, 3.8) is 0 Å². The first-order valence-electron chi connectivity index (χ1n) is 6.24. The third-order valence-corrected chi connectivity index (χ3v) is 2.59. The van der Waals surface area contributed by atoms with Gasteiger partial charge in [-0.05, 0) is 6.92 Å². The van der Waals surface area contributed by atoms with Gasteiger partial charge in [-0.15, -0.1) is 0 Å². The van der Waals surface area contributed by atoms with Gasteiger partial charge in [0, 0.05) is 13.2 Å². The third kappa shape index (κ3) is 4.96. The predicted octanol–water partition coefficient (Wildman–Crippen LogP) is 0.182. The number of amides is 2. The fraction of sp³-hybridized carbons (Fsp3) is 0.364. The van der Waals surface area contributed by atoms with Crippen molar-refractivity contribution in [1.29, 1.82) is 0 Å². The summed E-state index contributed by atoms with van der Waals surface area (Å²) >= 11 is 0. The molecule has 0 bridgehead atoms. The lowest BCUT2D eigenvalue weighted by atomic mass is 10.2. The van der Waals surface area contributed by atoms with Crippen molar-refractivity contribution >= 4 is 35.0 Å². The molecule has 1 rings (SSSR count). The number of nitrogens with one attached hydrogen (secondary N) is 3. The Balaban J connectivity index is 3.10. The van der Waals surface area contributed by atoms with Gasteiger partial charge in [-0.1, -0.05) is 0 Å². The van der Waals surface area contributed by atoms with Crippen molar-refractivity contribution in [2.45, 2.75) is 13.0 Å². The van der Waals surface area contributed by atoms with Crippen molar-refractivity contribution in [3.05, 3.63) is 16.2 Å². The lowest BCUT2D eigenvalue weighted by Gasteiger charge is -2.16. The standard InChI is InChI=1S/C11H16N6O6/c1-5(10(18)13-4-23-2)14-6-3-7(16-11(19)20)15-9(12)8(6)17(21)22/h3,5H,4H2,1-2H3,(H,13,18)(H,19,20)(H4,12,14,15,16)/t5-/m1/s1. The molecule has 1 aromatic heterocycles. The van der Waals surface area contributed by atoms with E-state index in [0.717, 1.165) is 6.07 Å². The number of nitro groups is 1. The van der Waals surface area contributed by atoms with Gasteiger partial charge in [0.15, 0.2) is 0 Å². The van der Waals surface area contributed by atoms with Crippen molar-refractivity contribution in [1.82, 2.24) is 10.3 Å². The van der Waals surface area contributed by atoms with Crippen LogP contribution >= 0.6 is 0 Å². The molecule has 0 fully saturated rings. The summed E-state index contributed by atoms with van der Waals surface area (Å²) in [6.45, 7) is 1.42. The number of nitrogen functional groups attached to an aromatic ring is 1. The molecule has 0 saturated carbocycles. The Hall–Kier alpha value is -3.15. The summed E-state index contributed by atoms with van der Waals surface area (Å²) in [5.41, 5.74) is 4.78. The summed E-state index contributed by atoms with van der Waals surface area (Å²) in [5, 5.41) is 26.7. The monoisotopic (exact) mass is 328 g/mol. The van der Waals surface area contributed by atoms with Gasteiger partial charge in [0.1, 0.15) is 24.3 Å². The summed E-state index contributed by atoms with van der Waals surface area (Å²) in [4.78, 5) is 36.3. The molecule has 1 aromatic rings. The number of nitrogens with two attached hydrogens (primary N) is 1. The molecular formula is C11H16N6O6. The molecule has 0 saturated heterocycles. The molecule has 0 unspecified atom stereocenters. The first kappa shape index (κ1) is 17.9. The first-order valence-corrected chi connectivity index (χ1v) is 6.24. The highest BCUT2D eigenvalue weighted by atomic mass is 16.6. The second-order valence-electron chi connectivity index (χ2n) is 4.32. The van der Waals surface area contributed by atoms with Crippen molar-refractivity contribution in [2.24, 2.45) is 0 Å². The summed E-state index contributed by atoms with van der Waals surface area (Å²) in [5.74, 6) is -1.19. The predicted molar refractivity (Wildman–Crippen MR) is 80.1 cm³/mol. The normalized spacial score (nSPS) is 11.4. The van der Waals surface area contributed by atoms with Crippen molar-refractivity contribution in [3.8, 4) is 0 Å². The van der Waals surface area contributed by atoms with E-state index in [1.54, 1.807) is 0 Å². The van der Waals surface area contributed by atoms with Gasteiger partial charge in [0.05, 0.1) is 4.92 Å². The minimum atomic E-state index is -1.41. The lowest BCUT2D eigenvalue weighted by Crippen LogP contribution is -2.38. The average molecular weight is 328 g/mol. The fourth-order valence-corrected chi connectivity index (χ4v) is 1.63. The lowest BCUT2D eigenvalue weighted by molar-refractivity contribution is -0.383. The van der Waals surface area contributed by atoms with E-state index < -0.39 is 34.5 Å². The van der Waals surface area contributed by atoms with Crippen molar-refractivity contribution in [2.75, 3.05) is 30.2 Å². The quantitative estimate of drug-likeness (QED) is 0.265. The number of hydrogen-bond acceptors (Lipinski definition) is 8. The zero-order valence-corrected chi connectivity index (χ0v) is 12.3. The van der Waals surface area contributed by atoms with Crippen LogP contribution in [0.4, 0.5) is 27.8 Å². The van der Waals surface area contributed by atoms with Crippen LogP contribution in [0.15, 0.2) is 6.07 Å². The number of carboxylic acid groups (broad SMARTS) is 1. The third-order valence-electron chi connectivity index (χ3n) is 2.59. The molecular weight excluding hydrogens is 312 g/mol. The molecule has 23 heavy (non-hydrogen) atoms. The van der Waals surface area contributed by atoms with Gasteiger partial charge in [-0.25, -0.2) is 9.78 Å². The Bertz CT molecular complexity index is 621. The summed E-state index contributed by atoms with van der Waals surface area (Å²) in [6, 6.07) is 0.200. The number of carbonyl (C=O) groups is 2. The highest BCUT2D eigenvalue weighted by molar-refractivity contribution is 5.88. The van der Waals surface area contributed by atoms with Gasteiger partial charge in [-0.2, -0.15) is 0 Å². The summed E-state index contributed by atoms with van der Waals surface area (Å²) in [7, 11) is 1.39. The topological polar surface area (TPSA) is 182 Å². The number of rotatable bonds is 7. The van der Waals surface area contributed by atoms with E-state index >= 15 is 0 Å². The Morgan fingerprint density at radius 2 is 2.22 bits per heavy atom. The van der Waals surface area contributed by atoms with E-state index in [1.807, 2.05) is 5.32 Å². The SMILES string of the molecule is COCNC(=O)[C@@H](C)Nc1cc(NC(=O)O)nc(N)c1[N+](=O)[O-]. The molecule has 0 aromatic carbocycles. The second kappa shape index (κ2) is 7.74. The van der Waals surface area contributed by atoms with Gasteiger partial charge < -0.3 is 26.2 Å². The molecule has 0 aliphatic rings. The Kier molecular flexibility index (Phi) is 6.03. The minimum Gasteiger partial charge on any atom is -0.465 e. The van der Waals surface area contributed by atoms with Crippen LogP contribution in [0.1, 0.15) is 6.92 Å². The molecule has 126 valence electrons. The molecule has 0 radical (unpaired) electrons. The molecule has 0 aliphatic carbocycles. The maximum Gasteiger partial charge on any atom is 0.410 e. The molecule has 12 heteroatoms. The van der Waals surface area contributed by atoms with Crippen molar-refractivity contribution < 1.29 is 24.4 Å². The Labute approximate surface area is 130 Å². The number of nitrogens with zero attached hydrogens (tertiary/aromatic N) is 2. The van der Waals surface area contributed by atoms with E-state index in [0.29, 0.717) is 0 Å². The van der Waals surface area contributed by atoms with E-state index in [2.05, 4.69) is 20.4 Å². The number of pyridine rings is 1. The molecule has 2 amide bonds. The van der Waals surface area contributed by atoms with Crippen LogP contribution in [0.3, 0.4) is 0 Å². The second-order valence-corrected chi connectivity index (χ2v) is 4.32. The van der Waals surface area contributed by atoms with Crippen LogP contribution in [-0.4, -0.2) is 46.9 Å². The van der Waals surface area contributed by atoms with E-state index in [9.17, 15) is 19.7 Å². The molecule has 6 N–H and O–H groups in total. The Morgan fingerprint density at radius 1 is 1.57 bits per heavy atom. The van der Waals surface area contributed by atoms with Crippen LogP contribution in [-0.2, 0) is 9.53 Å². The van der Waals surface area contributed by atoms with E-state index in [4.69, 9.17) is 10.8 Å². The molecule has 1 heterocycles. The summed E-state index contributed by atoms with van der Waals surface area (Å²) in [6.07, 6.45) is -1.41. The molecule has 0 aliphatic heterocycles. The Morgan fingerprint density at radius 3 is 2.74 bits per heavy atom. The van der Waals surface area contributed by atoms with Crippen LogP contribution in [0, 0.1) is 10.1 Å². The van der Waals surface area contributed by atoms with Crippen LogP contribution in [0.25, 0.3) is 0 Å². The maximum absolute atomic E-state index is 11.8. The molecule has 1 atom stereocenters. The van der Waals surface area contributed by atoms with Crippen LogP contribution in [0.5, 0.6) is 0 Å². The molecule has 0 spiro atoms. The zero-order chi connectivity index (χ0) is 17.6. The zero-order valence-electron chi connectivity index (χ0n) is 12.3. The largest absolute Gasteiger partial charge is 0.465 e. The smallest absolute Gasteiger partial charge is 0.410 e. The van der Waals surface area contributed by atoms with Gasteiger partial charge in [-0.3, -0.25) is 20.2 Å². The first-order chi connectivity index (χ1) is 10.8. The minimum absolute atomic E-state index is 0.0305. The van der Waals surface area contributed by atoms with Crippen LogP contribution in [0.2, 0.25) is 0 Å². The van der Waals surface area contributed by atoms with Crippen LogP contribution < -0.4 is 21.7 Å². The average Bonchev–Trinajstić information content (AvgIpc) is 2.42. The van der Waals surface area contributed by atoms with E-state index in [-0.39, 0.29) is 18.2 Å². The van der Waals surface area contributed by atoms with E-state index in [1.165, 1.54) is 14.0 Å². The number of carbonyl (C=O) groups excluding carboxylic acids is 1. The number of methoxy groups -OCH3 is 1. The highest BCUT2D eigenvalue weighted by Gasteiger charge is 2.24. The highest BCUT2D eigenvalue weighted by Crippen LogP contribution is 2.32. The fourth-order valence-electron chi connectivity index (χ4n) is 1.63. The van der Waals surface area contributed by atoms with Gasteiger partial charge >= 0.3 is 11.8 Å². The molecule has 12 nitrogen and oxygen atoms in total. The van der Waals surface area contributed by atoms with Gasteiger partial charge in [0.25, 0.3) is 0 Å². The number of hydrogen-bond donors (Lipinski definition) is 5. The number of aromatic nitrogens is 1. The summed E-state index contributed by atoms with van der Waals surface area (Å²) < 4.78 is 4.68. The van der Waals surface area contributed by atoms with Gasteiger partial charge in [0.2, 0.25) is 11.7 Å². The maximum atomic E-state index is 11.8. The number of ether oxygens (including phenoxy) is 1.